The van der Waals surface area contributed by atoms with E-state index in [1.807, 2.05) is 0 Å². The molecule has 1 aromatic carbocycles. The molecule has 1 aromatic rings. The normalized spacial score (nSPS) is 21.1. The highest BCUT2D eigenvalue weighted by atomic mass is 16.5. The van der Waals surface area contributed by atoms with Crippen molar-refractivity contribution in [3.05, 3.63) is 35.4 Å². The van der Waals surface area contributed by atoms with Crippen LogP contribution in [0.25, 0.3) is 6.08 Å². The lowest BCUT2D eigenvalue weighted by molar-refractivity contribution is -0.0194. The van der Waals surface area contributed by atoms with Gasteiger partial charge in [0.15, 0.2) is 0 Å². The Balaban J connectivity index is 2.20. The fourth-order valence-corrected chi connectivity index (χ4v) is 2.34. The lowest BCUT2D eigenvalue weighted by Gasteiger charge is -2.32. The van der Waals surface area contributed by atoms with Gasteiger partial charge in [0.1, 0.15) is 5.75 Å². The Kier molecular flexibility index (Phi) is 4.42. The Labute approximate surface area is 118 Å². The second-order valence-electron chi connectivity index (χ2n) is 4.89. The van der Waals surface area contributed by atoms with E-state index in [0.717, 1.165) is 18.4 Å². The zero-order valence-electron chi connectivity index (χ0n) is 11.5. The highest BCUT2D eigenvalue weighted by molar-refractivity contribution is 5.93. The first kappa shape index (κ1) is 14.6. The van der Waals surface area contributed by atoms with Crippen LogP contribution < -0.4 is 10.5 Å². The van der Waals surface area contributed by atoms with E-state index in [2.05, 4.69) is 6.58 Å². The smallest absolute Gasteiger partial charge is 0.336 e. The second-order valence-corrected chi connectivity index (χ2v) is 4.89. The molecule has 1 saturated carbocycles. The van der Waals surface area contributed by atoms with Crippen LogP contribution in [-0.2, 0) is 11.3 Å². The molecule has 1 fully saturated rings. The van der Waals surface area contributed by atoms with Crippen LogP contribution in [0.15, 0.2) is 18.7 Å². The summed E-state index contributed by atoms with van der Waals surface area (Å²) in [7, 11) is 1.51. The van der Waals surface area contributed by atoms with Crippen molar-refractivity contribution in [2.24, 2.45) is 5.73 Å². The predicted molar refractivity (Wildman–Crippen MR) is 75.8 cm³/mol. The molecule has 0 saturated heterocycles. The third-order valence-corrected chi connectivity index (χ3v) is 3.52. The van der Waals surface area contributed by atoms with Gasteiger partial charge in [0, 0.05) is 17.2 Å². The van der Waals surface area contributed by atoms with Crippen molar-refractivity contribution in [3.8, 4) is 5.75 Å². The summed E-state index contributed by atoms with van der Waals surface area (Å²) in [5.41, 5.74) is 7.17. The fourth-order valence-electron chi connectivity index (χ4n) is 2.34. The minimum Gasteiger partial charge on any atom is -0.496 e. The number of benzene rings is 1. The molecule has 3 N–H and O–H groups in total. The number of methoxy groups -OCH3 is 1. The van der Waals surface area contributed by atoms with Gasteiger partial charge in [0.2, 0.25) is 0 Å². The SMILES string of the molecule is C=Cc1c(C(=O)O)ccc(CO[C@H]2C[C@H](N)C2)c1OC. The molecule has 0 atom stereocenters. The maximum atomic E-state index is 11.2. The van der Waals surface area contributed by atoms with E-state index in [0.29, 0.717) is 17.9 Å². The van der Waals surface area contributed by atoms with Crippen molar-refractivity contribution < 1.29 is 19.4 Å². The molecule has 5 nitrogen and oxygen atoms in total. The number of carboxylic acids is 1. The van der Waals surface area contributed by atoms with E-state index >= 15 is 0 Å². The van der Waals surface area contributed by atoms with E-state index in [4.69, 9.17) is 20.3 Å². The Morgan fingerprint density at radius 1 is 1.55 bits per heavy atom. The highest BCUT2D eigenvalue weighted by Crippen LogP contribution is 2.31. The third-order valence-electron chi connectivity index (χ3n) is 3.52. The molecule has 1 aliphatic carbocycles. The van der Waals surface area contributed by atoms with Crippen molar-refractivity contribution in [1.82, 2.24) is 0 Å². The minimum absolute atomic E-state index is 0.172. The van der Waals surface area contributed by atoms with Crippen molar-refractivity contribution in [2.45, 2.75) is 31.6 Å². The van der Waals surface area contributed by atoms with Crippen LogP contribution in [-0.4, -0.2) is 30.3 Å². The molecular formula is C15H19NO4. The number of rotatable bonds is 6. The van der Waals surface area contributed by atoms with Gasteiger partial charge in [-0.3, -0.25) is 0 Å². The van der Waals surface area contributed by atoms with Crippen LogP contribution in [0, 0.1) is 0 Å². The third kappa shape index (κ3) is 2.84. The molecule has 2 rings (SSSR count). The van der Waals surface area contributed by atoms with E-state index < -0.39 is 5.97 Å². The first-order valence-corrected chi connectivity index (χ1v) is 6.49. The lowest BCUT2D eigenvalue weighted by Crippen LogP contribution is -2.41. The summed E-state index contributed by atoms with van der Waals surface area (Å²) in [6.07, 6.45) is 3.40. The first-order chi connectivity index (χ1) is 9.56. The summed E-state index contributed by atoms with van der Waals surface area (Å²) in [5, 5.41) is 9.15. The standard InChI is InChI=1S/C15H19NO4/c1-3-12-13(15(17)18)5-4-9(14(12)19-2)8-20-11-6-10(16)7-11/h3-5,10-11H,1,6-8,16H2,2H3,(H,17,18)/t10-,11-. The van der Waals surface area contributed by atoms with E-state index in [1.165, 1.54) is 13.2 Å². The zero-order valence-corrected chi connectivity index (χ0v) is 11.5. The minimum atomic E-state index is -1.00. The molecule has 0 radical (unpaired) electrons. The Bertz CT molecular complexity index is 521. The van der Waals surface area contributed by atoms with E-state index in [1.54, 1.807) is 12.1 Å². The van der Waals surface area contributed by atoms with Crippen molar-refractivity contribution in [2.75, 3.05) is 7.11 Å². The molecule has 0 aliphatic heterocycles. The van der Waals surface area contributed by atoms with Crippen LogP contribution in [0.2, 0.25) is 0 Å². The molecule has 0 heterocycles. The molecule has 0 amide bonds. The van der Waals surface area contributed by atoms with Gasteiger partial charge in [-0.15, -0.1) is 0 Å². The van der Waals surface area contributed by atoms with Gasteiger partial charge in [-0.05, 0) is 18.9 Å². The van der Waals surface area contributed by atoms with E-state index in [9.17, 15) is 4.79 Å². The average molecular weight is 277 g/mol. The fraction of sp³-hybridized carbons (Fsp3) is 0.400. The Morgan fingerprint density at radius 2 is 2.25 bits per heavy atom. The summed E-state index contributed by atoms with van der Waals surface area (Å²) >= 11 is 0. The molecule has 0 aromatic heterocycles. The van der Waals surface area contributed by atoms with Crippen LogP contribution in [0.3, 0.4) is 0 Å². The molecule has 1 aliphatic rings. The monoisotopic (exact) mass is 277 g/mol. The molecule has 108 valence electrons. The summed E-state index contributed by atoms with van der Waals surface area (Å²) in [6, 6.07) is 3.50. The predicted octanol–water partition coefficient (Wildman–Crippen LogP) is 2.04. The number of ether oxygens (including phenoxy) is 2. The molecular weight excluding hydrogens is 258 g/mol. The molecule has 0 bridgehead atoms. The van der Waals surface area contributed by atoms with Gasteiger partial charge in [-0.2, -0.15) is 0 Å². The number of carbonyl (C=O) groups is 1. The van der Waals surface area contributed by atoms with Crippen LogP contribution in [0.5, 0.6) is 5.75 Å². The number of aromatic carboxylic acids is 1. The van der Waals surface area contributed by atoms with E-state index in [-0.39, 0.29) is 17.7 Å². The summed E-state index contributed by atoms with van der Waals surface area (Å²) in [6.45, 7) is 4.03. The van der Waals surface area contributed by atoms with Gasteiger partial charge < -0.3 is 20.3 Å². The van der Waals surface area contributed by atoms with Crippen molar-refractivity contribution in [1.29, 1.82) is 0 Å². The van der Waals surface area contributed by atoms with Crippen molar-refractivity contribution in [3.63, 3.8) is 0 Å². The largest absolute Gasteiger partial charge is 0.496 e. The molecule has 0 unspecified atom stereocenters. The molecule has 0 spiro atoms. The lowest BCUT2D eigenvalue weighted by atomic mass is 9.90. The Hall–Kier alpha value is -1.85. The van der Waals surface area contributed by atoms with Crippen molar-refractivity contribution >= 4 is 12.0 Å². The molecule has 20 heavy (non-hydrogen) atoms. The number of nitrogens with two attached hydrogens (primary N) is 1. The topological polar surface area (TPSA) is 81.8 Å². The number of carboxylic acid groups (broad SMARTS) is 1. The maximum Gasteiger partial charge on any atom is 0.336 e. The van der Waals surface area contributed by atoms with Crippen LogP contribution in [0.4, 0.5) is 0 Å². The van der Waals surface area contributed by atoms with Crippen LogP contribution >= 0.6 is 0 Å². The zero-order chi connectivity index (χ0) is 14.7. The summed E-state index contributed by atoms with van der Waals surface area (Å²) < 4.78 is 11.1. The molecule has 5 heteroatoms. The first-order valence-electron chi connectivity index (χ1n) is 6.49. The summed E-state index contributed by atoms with van der Waals surface area (Å²) in [4.78, 5) is 11.2. The van der Waals surface area contributed by atoms with Gasteiger partial charge >= 0.3 is 5.97 Å². The number of hydrogen-bond acceptors (Lipinski definition) is 4. The van der Waals surface area contributed by atoms with Gasteiger partial charge in [-0.1, -0.05) is 18.7 Å². The summed E-state index contributed by atoms with van der Waals surface area (Å²) in [5.74, 6) is -0.501. The van der Waals surface area contributed by atoms with Gasteiger partial charge in [-0.25, -0.2) is 4.79 Å². The second kappa shape index (κ2) is 6.07. The quantitative estimate of drug-likeness (QED) is 0.831. The highest BCUT2D eigenvalue weighted by Gasteiger charge is 2.27. The average Bonchev–Trinajstić information content (AvgIpc) is 2.40. The van der Waals surface area contributed by atoms with Crippen LogP contribution in [0.1, 0.15) is 34.3 Å². The number of hydrogen-bond donors (Lipinski definition) is 2. The Morgan fingerprint density at radius 3 is 2.75 bits per heavy atom. The maximum absolute atomic E-state index is 11.2. The van der Waals surface area contributed by atoms with Gasteiger partial charge in [0.05, 0.1) is 25.4 Å². The van der Waals surface area contributed by atoms with Gasteiger partial charge in [0.25, 0.3) is 0 Å².